The maximum absolute atomic E-state index is 10.3. The van der Waals surface area contributed by atoms with Crippen molar-refractivity contribution in [2.45, 2.75) is 19.8 Å². The Balaban J connectivity index is 2.58. The summed E-state index contributed by atoms with van der Waals surface area (Å²) in [7, 11) is 0. The molecule has 0 heterocycles. The number of phenols is 2. The first-order valence-electron chi connectivity index (χ1n) is 6.46. The summed E-state index contributed by atoms with van der Waals surface area (Å²) in [5, 5.41) is 24.2. The maximum atomic E-state index is 10.3. The van der Waals surface area contributed by atoms with E-state index in [1.807, 2.05) is 44.2 Å². The van der Waals surface area contributed by atoms with E-state index in [9.17, 15) is 10.2 Å². The SMILES string of the molecule is CC(C)c1c(O)ccc2c1c(O)cc1ccccc12. The zero-order valence-electron chi connectivity index (χ0n) is 11.0. The van der Waals surface area contributed by atoms with Crippen LogP contribution in [0.25, 0.3) is 21.5 Å². The first-order valence-corrected chi connectivity index (χ1v) is 6.46. The van der Waals surface area contributed by atoms with E-state index in [1.165, 1.54) is 0 Å². The van der Waals surface area contributed by atoms with Crippen molar-refractivity contribution in [2.24, 2.45) is 0 Å². The highest BCUT2D eigenvalue weighted by atomic mass is 16.3. The van der Waals surface area contributed by atoms with Crippen LogP contribution in [-0.4, -0.2) is 10.2 Å². The van der Waals surface area contributed by atoms with Crippen LogP contribution >= 0.6 is 0 Å². The van der Waals surface area contributed by atoms with Gasteiger partial charge in [0.1, 0.15) is 11.5 Å². The van der Waals surface area contributed by atoms with Gasteiger partial charge in [-0.25, -0.2) is 0 Å². The largest absolute Gasteiger partial charge is 0.508 e. The molecule has 3 aromatic carbocycles. The number of rotatable bonds is 1. The molecule has 0 bridgehead atoms. The molecule has 19 heavy (non-hydrogen) atoms. The highest BCUT2D eigenvalue weighted by Gasteiger charge is 2.15. The van der Waals surface area contributed by atoms with E-state index in [1.54, 1.807) is 12.1 Å². The smallest absolute Gasteiger partial charge is 0.124 e. The van der Waals surface area contributed by atoms with E-state index in [2.05, 4.69) is 0 Å². The number of benzene rings is 3. The summed E-state index contributed by atoms with van der Waals surface area (Å²) in [6, 6.07) is 13.3. The third kappa shape index (κ3) is 1.72. The van der Waals surface area contributed by atoms with Gasteiger partial charge in [-0.15, -0.1) is 0 Å². The van der Waals surface area contributed by atoms with E-state index in [-0.39, 0.29) is 17.4 Å². The Labute approximate surface area is 111 Å². The van der Waals surface area contributed by atoms with Gasteiger partial charge in [0.15, 0.2) is 0 Å². The van der Waals surface area contributed by atoms with E-state index >= 15 is 0 Å². The molecule has 2 N–H and O–H groups in total. The van der Waals surface area contributed by atoms with Crippen LogP contribution in [0.3, 0.4) is 0 Å². The summed E-state index contributed by atoms with van der Waals surface area (Å²) < 4.78 is 0. The van der Waals surface area contributed by atoms with Gasteiger partial charge in [-0.2, -0.15) is 0 Å². The molecule has 0 aliphatic rings. The quantitative estimate of drug-likeness (QED) is 0.625. The zero-order chi connectivity index (χ0) is 13.6. The molecule has 0 amide bonds. The van der Waals surface area contributed by atoms with E-state index < -0.39 is 0 Å². The second-order valence-electron chi connectivity index (χ2n) is 5.19. The van der Waals surface area contributed by atoms with Crippen molar-refractivity contribution >= 4 is 21.5 Å². The second-order valence-corrected chi connectivity index (χ2v) is 5.19. The molecule has 0 unspecified atom stereocenters. The van der Waals surface area contributed by atoms with Gasteiger partial charge in [-0.1, -0.05) is 38.1 Å². The molecule has 2 heteroatoms. The topological polar surface area (TPSA) is 40.5 Å². The molecule has 0 atom stereocenters. The fraction of sp³-hybridized carbons (Fsp3) is 0.176. The Morgan fingerprint density at radius 2 is 1.58 bits per heavy atom. The van der Waals surface area contributed by atoms with Gasteiger partial charge >= 0.3 is 0 Å². The standard InChI is InChI=1S/C17H16O2/c1-10(2)16-14(18)8-7-13-12-6-4-3-5-11(12)9-15(19)17(13)16/h3-10,18-19H,1-2H3. The monoisotopic (exact) mass is 252 g/mol. The number of phenolic OH excluding ortho intramolecular Hbond substituents is 2. The minimum atomic E-state index is 0.149. The lowest BCUT2D eigenvalue weighted by Crippen LogP contribution is -1.92. The van der Waals surface area contributed by atoms with Gasteiger partial charge < -0.3 is 10.2 Å². The number of aromatic hydroxyl groups is 2. The summed E-state index contributed by atoms with van der Waals surface area (Å²) in [5.41, 5.74) is 0.806. The molecule has 0 fully saturated rings. The average molecular weight is 252 g/mol. The maximum Gasteiger partial charge on any atom is 0.124 e. The average Bonchev–Trinajstić information content (AvgIpc) is 2.38. The second kappa shape index (κ2) is 4.16. The summed E-state index contributed by atoms with van der Waals surface area (Å²) in [6.07, 6.45) is 0. The molecule has 0 saturated heterocycles. The lowest BCUT2D eigenvalue weighted by atomic mass is 9.91. The summed E-state index contributed by atoms with van der Waals surface area (Å²) in [4.78, 5) is 0. The molecular formula is C17H16O2. The molecule has 0 radical (unpaired) electrons. The Kier molecular flexibility index (Phi) is 2.59. The zero-order valence-corrected chi connectivity index (χ0v) is 11.0. The molecule has 0 aromatic heterocycles. The highest BCUT2D eigenvalue weighted by Crippen LogP contribution is 2.41. The first-order chi connectivity index (χ1) is 9.09. The lowest BCUT2D eigenvalue weighted by molar-refractivity contribution is 0.462. The number of hydrogen-bond donors (Lipinski definition) is 2. The minimum Gasteiger partial charge on any atom is -0.508 e. The number of hydrogen-bond acceptors (Lipinski definition) is 2. The van der Waals surface area contributed by atoms with Crippen LogP contribution in [0.2, 0.25) is 0 Å². The molecule has 3 aromatic rings. The molecule has 0 spiro atoms. The van der Waals surface area contributed by atoms with Gasteiger partial charge in [-0.05, 0) is 40.3 Å². The summed E-state index contributed by atoms with van der Waals surface area (Å²) in [6.45, 7) is 4.03. The van der Waals surface area contributed by atoms with Gasteiger partial charge in [0.05, 0.1) is 0 Å². The normalized spacial score (nSPS) is 11.5. The van der Waals surface area contributed by atoms with Crippen LogP contribution in [0.5, 0.6) is 11.5 Å². The predicted molar refractivity (Wildman–Crippen MR) is 78.9 cm³/mol. The third-order valence-electron chi connectivity index (χ3n) is 3.60. The van der Waals surface area contributed by atoms with Crippen molar-refractivity contribution in [2.75, 3.05) is 0 Å². The minimum absolute atomic E-state index is 0.149. The third-order valence-corrected chi connectivity index (χ3v) is 3.60. The summed E-state index contributed by atoms with van der Waals surface area (Å²) in [5.74, 6) is 0.622. The van der Waals surface area contributed by atoms with Crippen molar-refractivity contribution in [3.63, 3.8) is 0 Å². The molecule has 0 aliphatic heterocycles. The Bertz CT molecular complexity index is 773. The Morgan fingerprint density at radius 3 is 2.32 bits per heavy atom. The van der Waals surface area contributed by atoms with Crippen molar-refractivity contribution in [1.29, 1.82) is 0 Å². The molecule has 3 rings (SSSR count). The highest BCUT2D eigenvalue weighted by molar-refractivity contribution is 6.11. The van der Waals surface area contributed by atoms with Gasteiger partial charge in [0.25, 0.3) is 0 Å². The van der Waals surface area contributed by atoms with Gasteiger partial charge in [0.2, 0.25) is 0 Å². The first kappa shape index (κ1) is 11.8. The van der Waals surface area contributed by atoms with Crippen molar-refractivity contribution in [1.82, 2.24) is 0 Å². The van der Waals surface area contributed by atoms with E-state index in [0.717, 1.165) is 27.1 Å². The van der Waals surface area contributed by atoms with Crippen LogP contribution < -0.4 is 0 Å². The van der Waals surface area contributed by atoms with Crippen molar-refractivity contribution < 1.29 is 10.2 Å². The fourth-order valence-corrected chi connectivity index (χ4v) is 2.78. The summed E-state index contributed by atoms with van der Waals surface area (Å²) >= 11 is 0. The number of fused-ring (bicyclic) bond motifs is 3. The predicted octanol–water partition coefficient (Wildman–Crippen LogP) is 4.53. The molecule has 96 valence electrons. The van der Waals surface area contributed by atoms with Crippen LogP contribution in [0.15, 0.2) is 42.5 Å². The molecular weight excluding hydrogens is 236 g/mol. The van der Waals surface area contributed by atoms with Crippen LogP contribution in [0, 0.1) is 0 Å². The van der Waals surface area contributed by atoms with E-state index in [4.69, 9.17) is 0 Å². The molecule has 2 nitrogen and oxygen atoms in total. The van der Waals surface area contributed by atoms with Gasteiger partial charge in [-0.3, -0.25) is 0 Å². The van der Waals surface area contributed by atoms with Crippen LogP contribution in [0.4, 0.5) is 0 Å². The van der Waals surface area contributed by atoms with Crippen LogP contribution in [-0.2, 0) is 0 Å². The van der Waals surface area contributed by atoms with Crippen molar-refractivity contribution in [3.8, 4) is 11.5 Å². The molecule has 0 saturated carbocycles. The Morgan fingerprint density at radius 1 is 0.842 bits per heavy atom. The van der Waals surface area contributed by atoms with Crippen molar-refractivity contribution in [3.05, 3.63) is 48.0 Å². The fourth-order valence-electron chi connectivity index (χ4n) is 2.78. The lowest BCUT2D eigenvalue weighted by Gasteiger charge is -2.15. The van der Waals surface area contributed by atoms with Crippen LogP contribution in [0.1, 0.15) is 25.3 Å². The van der Waals surface area contributed by atoms with E-state index in [0.29, 0.717) is 0 Å². The molecule has 0 aliphatic carbocycles. The van der Waals surface area contributed by atoms with Gasteiger partial charge in [0, 0.05) is 10.9 Å². The Hall–Kier alpha value is -2.22.